The lowest BCUT2D eigenvalue weighted by molar-refractivity contribution is -0.384. The van der Waals surface area contributed by atoms with Gasteiger partial charge in [0.1, 0.15) is 17.0 Å². The second kappa shape index (κ2) is 3.51. The van der Waals surface area contributed by atoms with Crippen molar-refractivity contribution in [1.82, 2.24) is 4.98 Å². The Morgan fingerprint density at radius 2 is 2.00 bits per heavy atom. The predicted molar refractivity (Wildman–Crippen MR) is 52.8 cm³/mol. The molecule has 0 fully saturated rings. The molecule has 1 aromatic heterocycles. The number of hydrogen-bond acceptors (Lipinski definition) is 4. The second-order valence-electron chi connectivity index (χ2n) is 3.22. The molecule has 6 nitrogen and oxygen atoms in total. The van der Waals surface area contributed by atoms with Gasteiger partial charge in [-0.15, -0.1) is 0 Å². The molecule has 88 valence electrons. The van der Waals surface area contributed by atoms with Crippen molar-refractivity contribution in [2.75, 3.05) is 0 Å². The first-order valence-electron chi connectivity index (χ1n) is 4.30. The number of nitrogens with one attached hydrogen (secondary N) is 1. The first-order valence-corrected chi connectivity index (χ1v) is 4.30. The lowest BCUT2D eigenvalue weighted by Gasteiger charge is -2.02. The van der Waals surface area contributed by atoms with Crippen molar-refractivity contribution in [3.05, 3.63) is 44.2 Å². The number of pyridine rings is 1. The molecule has 0 atom stereocenters. The molecule has 17 heavy (non-hydrogen) atoms. The highest BCUT2D eigenvalue weighted by Gasteiger charge is 2.25. The topological polar surface area (TPSA) is 96.2 Å². The summed E-state index contributed by atoms with van der Waals surface area (Å²) in [4.78, 5) is 22.6. The molecule has 0 aliphatic heterocycles. The SMILES string of the molecule is O=c1[nH]c2cc(F)cc(F)c2c([N+](=O)[O-])c1O. The van der Waals surface area contributed by atoms with E-state index in [0.717, 1.165) is 6.07 Å². The average molecular weight is 242 g/mol. The van der Waals surface area contributed by atoms with Crippen LogP contribution >= 0.6 is 0 Å². The number of aromatic amines is 1. The summed E-state index contributed by atoms with van der Waals surface area (Å²) in [6.45, 7) is 0. The van der Waals surface area contributed by atoms with Crippen molar-refractivity contribution >= 4 is 16.6 Å². The van der Waals surface area contributed by atoms with Gasteiger partial charge >= 0.3 is 5.69 Å². The summed E-state index contributed by atoms with van der Waals surface area (Å²) in [6.07, 6.45) is 0. The van der Waals surface area contributed by atoms with Crippen molar-refractivity contribution in [2.24, 2.45) is 0 Å². The standard InChI is InChI=1S/C9H4F2N2O4/c10-3-1-4(11)6-5(2-3)12-9(15)8(14)7(6)13(16)17/h1-2,14H,(H,12,15). The van der Waals surface area contributed by atoms with E-state index >= 15 is 0 Å². The summed E-state index contributed by atoms with van der Waals surface area (Å²) < 4.78 is 26.3. The molecule has 8 heteroatoms. The van der Waals surface area contributed by atoms with Crippen molar-refractivity contribution < 1.29 is 18.8 Å². The number of benzene rings is 1. The van der Waals surface area contributed by atoms with Crippen LogP contribution < -0.4 is 5.56 Å². The Morgan fingerprint density at radius 3 is 2.59 bits per heavy atom. The van der Waals surface area contributed by atoms with Crippen LogP contribution in [0.25, 0.3) is 10.9 Å². The number of rotatable bonds is 1. The number of aromatic hydroxyl groups is 1. The zero-order valence-electron chi connectivity index (χ0n) is 8.03. The normalized spacial score (nSPS) is 10.7. The minimum Gasteiger partial charge on any atom is -0.498 e. The molecule has 0 aliphatic rings. The smallest absolute Gasteiger partial charge is 0.328 e. The monoisotopic (exact) mass is 242 g/mol. The fraction of sp³-hybridized carbons (Fsp3) is 0. The maximum absolute atomic E-state index is 13.4. The number of nitrogens with zero attached hydrogens (tertiary/aromatic N) is 1. The van der Waals surface area contributed by atoms with Crippen molar-refractivity contribution in [3.8, 4) is 5.75 Å². The average Bonchev–Trinajstić information content (AvgIpc) is 2.20. The molecule has 0 saturated carbocycles. The molecule has 0 amide bonds. The Hall–Kier alpha value is -2.51. The largest absolute Gasteiger partial charge is 0.498 e. The number of hydrogen-bond donors (Lipinski definition) is 2. The van der Waals surface area contributed by atoms with Crippen LogP contribution in [-0.4, -0.2) is 15.0 Å². The number of aromatic nitrogens is 1. The van der Waals surface area contributed by atoms with Crippen molar-refractivity contribution in [2.45, 2.75) is 0 Å². The van der Waals surface area contributed by atoms with Gasteiger partial charge in [0.15, 0.2) is 0 Å². The van der Waals surface area contributed by atoms with Gasteiger partial charge in [0.2, 0.25) is 0 Å². The first kappa shape index (κ1) is 11.0. The molecule has 0 aliphatic carbocycles. The van der Waals surface area contributed by atoms with Crippen LogP contribution in [0, 0.1) is 21.7 Å². The van der Waals surface area contributed by atoms with Gasteiger partial charge < -0.3 is 10.1 Å². The zero-order chi connectivity index (χ0) is 12.7. The van der Waals surface area contributed by atoms with Crippen LogP contribution in [0.5, 0.6) is 5.75 Å². The van der Waals surface area contributed by atoms with Gasteiger partial charge in [-0.2, -0.15) is 0 Å². The molecule has 2 rings (SSSR count). The molecule has 1 heterocycles. The van der Waals surface area contributed by atoms with Crippen LogP contribution in [0.15, 0.2) is 16.9 Å². The van der Waals surface area contributed by atoms with E-state index in [-0.39, 0.29) is 0 Å². The van der Waals surface area contributed by atoms with Gasteiger partial charge in [0.25, 0.3) is 11.3 Å². The fourth-order valence-corrected chi connectivity index (χ4v) is 1.50. The van der Waals surface area contributed by atoms with E-state index in [1.165, 1.54) is 0 Å². The van der Waals surface area contributed by atoms with Crippen LogP contribution in [0.1, 0.15) is 0 Å². The summed E-state index contributed by atoms with van der Waals surface area (Å²) in [7, 11) is 0. The highest BCUT2D eigenvalue weighted by molar-refractivity contribution is 5.90. The summed E-state index contributed by atoms with van der Waals surface area (Å²) in [5, 5.41) is 19.2. The van der Waals surface area contributed by atoms with E-state index in [1.807, 2.05) is 4.98 Å². The fourth-order valence-electron chi connectivity index (χ4n) is 1.50. The number of halogens is 2. The van der Waals surface area contributed by atoms with E-state index in [4.69, 9.17) is 0 Å². The lowest BCUT2D eigenvalue weighted by atomic mass is 10.1. The molecular formula is C9H4F2N2O4. The minimum atomic E-state index is -1.24. The van der Waals surface area contributed by atoms with Gasteiger partial charge in [-0.05, 0) is 6.07 Å². The summed E-state index contributed by atoms with van der Waals surface area (Å²) in [5.74, 6) is -3.45. The molecule has 2 N–H and O–H groups in total. The highest BCUT2D eigenvalue weighted by Crippen LogP contribution is 2.32. The third-order valence-electron chi connectivity index (χ3n) is 2.16. The van der Waals surface area contributed by atoms with Crippen LogP contribution in [-0.2, 0) is 0 Å². The van der Waals surface area contributed by atoms with Gasteiger partial charge in [0, 0.05) is 6.07 Å². The summed E-state index contributed by atoms with van der Waals surface area (Å²) in [5.41, 5.74) is -2.66. The van der Waals surface area contributed by atoms with Crippen molar-refractivity contribution in [3.63, 3.8) is 0 Å². The summed E-state index contributed by atoms with van der Waals surface area (Å²) in [6, 6.07) is 1.15. The second-order valence-corrected chi connectivity index (χ2v) is 3.22. The number of nitro groups is 1. The third kappa shape index (κ3) is 1.59. The molecular weight excluding hydrogens is 238 g/mol. The van der Waals surface area contributed by atoms with Crippen molar-refractivity contribution in [1.29, 1.82) is 0 Å². The number of H-pyrrole nitrogens is 1. The Balaban J connectivity index is 3.09. The quantitative estimate of drug-likeness (QED) is 0.583. The lowest BCUT2D eigenvalue weighted by Crippen LogP contribution is -2.09. The minimum absolute atomic E-state index is 0.392. The van der Waals surface area contributed by atoms with E-state index in [9.17, 15) is 28.8 Å². The molecule has 0 saturated heterocycles. The molecule has 0 radical (unpaired) electrons. The van der Waals surface area contributed by atoms with Gasteiger partial charge in [-0.25, -0.2) is 8.78 Å². The Kier molecular flexibility index (Phi) is 2.27. The maximum Gasteiger partial charge on any atom is 0.328 e. The Bertz CT molecular complexity index is 695. The molecule has 0 bridgehead atoms. The number of fused-ring (bicyclic) bond motifs is 1. The first-order chi connectivity index (χ1) is 7.91. The molecule has 0 unspecified atom stereocenters. The van der Waals surface area contributed by atoms with E-state index in [1.54, 1.807) is 0 Å². The van der Waals surface area contributed by atoms with Crippen LogP contribution in [0.2, 0.25) is 0 Å². The summed E-state index contributed by atoms with van der Waals surface area (Å²) >= 11 is 0. The Morgan fingerprint density at radius 1 is 1.35 bits per heavy atom. The van der Waals surface area contributed by atoms with Crippen LogP contribution in [0.3, 0.4) is 0 Å². The van der Waals surface area contributed by atoms with E-state index < -0.39 is 44.5 Å². The van der Waals surface area contributed by atoms with Gasteiger partial charge in [-0.1, -0.05) is 0 Å². The van der Waals surface area contributed by atoms with Gasteiger partial charge in [0.05, 0.1) is 10.4 Å². The molecule has 1 aromatic carbocycles. The highest BCUT2D eigenvalue weighted by atomic mass is 19.1. The molecule has 2 aromatic rings. The van der Waals surface area contributed by atoms with E-state index in [0.29, 0.717) is 6.07 Å². The molecule has 0 spiro atoms. The third-order valence-corrected chi connectivity index (χ3v) is 2.16. The van der Waals surface area contributed by atoms with E-state index in [2.05, 4.69) is 0 Å². The maximum atomic E-state index is 13.4. The predicted octanol–water partition coefficient (Wildman–Crippen LogP) is 1.42. The zero-order valence-corrected chi connectivity index (χ0v) is 8.03. The van der Waals surface area contributed by atoms with Gasteiger partial charge in [-0.3, -0.25) is 14.9 Å². The van der Waals surface area contributed by atoms with Crippen LogP contribution in [0.4, 0.5) is 14.5 Å². The Labute approximate surface area is 91.3 Å².